The second-order valence-corrected chi connectivity index (χ2v) is 4.79. The SMILES string of the molecule is CCOC(=O)c1c(C(=O)OC)cn(OC)c1-c1ccc([N+](=O)[O-])cc1. The Kier molecular flexibility index (Phi) is 5.38. The van der Waals surface area contributed by atoms with E-state index in [1.54, 1.807) is 6.92 Å². The van der Waals surface area contributed by atoms with Crippen molar-refractivity contribution in [3.63, 3.8) is 0 Å². The van der Waals surface area contributed by atoms with Gasteiger partial charge in [-0.15, -0.1) is 0 Å². The zero-order valence-electron chi connectivity index (χ0n) is 13.8. The molecule has 0 saturated heterocycles. The lowest BCUT2D eigenvalue weighted by Crippen LogP contribution is -2.12. The zero-order valence-corrected chi connectivity index (χ0v) is 13.8. The Labute approximate surface area is 142 Å². The van der Waals surface area contributed by atoms with E-state index < -0.39 is 16.9 Å². The molecule has 2 rings (SSSR count). The molecule has 0 radical (unpaired) electrons. The van der Waals surface area contributed by atoms with Gasteiger partial charge >= 0.3 is 11.9 Å². The fraction of sp³-hybridized carbons (Fsp3) is 0.250. The van der Waals surface area contributed by atoms with Crippen molar-refractivity contribution in [2.45, 2.75) is 6.92 Å². The van der Waals surface area contributed by atoms with Gasteiger partial charge in [-0.2, -0.15) is 4.73 Å². The summed E-state index contributed by atoms with van der Waals surface area (Å²) in [6.45, 7) is 1.74. The lowest BCUT2D eigenvalue weighted by molar-refractivity contribution is -0.384. The van der Waals surface area contributed by atoms with E-state index in [4.69, 9.17) is 14.3 Å². The first-order valence-electron chi connectivity index (χ1n) is 7.24. The van der Waals surface area contributed by atoms with Crippen molar-refractivity contribution in [3.8, 4) is 11.3 Å². The van der Waals surface area contributed by atoms with E-state index in [0.29, 0.717) is 5.56 Å². The maximum absolute atomic E-state index is 12.4. The molecule has 1 heterocycles. The Morgan fingerprint density at radius 2 is 1.80 bits per heavy atom. The molecular formula is C16H16N2O7. The van der Waals surface area contributed by atoms with E-state index in [-0.39, 0.29) is 29.1 Å². The van der Waals surface area contributed by atoms with Crippen LogP contribution in [0.25, 0.3) is 11.3 Å². The van der Waals surface area contributed by atoms with E-state index in [2.05, 4.69) is 0 Å². The minimum Gasteiger partial charge on any atom is -0.465 e. The molecule has 0 aliphatic rings. The number of hydrogen-bond acceptors (Lipinski definition) is 7. The van der Waals surface area contributed by atoms with Gasteiger partial charge in [0, 0.05) is 17.7 Å². The Hall–Kier alpha value is -3.36. The van der Waals surface area contributed by atoms with Gasteiger partial charge < -0.3 is 14.3 Å². The zero-order chi connectivity index (χ0) is 18.6. The Morgan fingerprint density at radius 3 is 2.28 bits per heavy atom. The van der Waals surface area contributed by atoms with Crippen LogP contribution in [0.5, 0.6) is 0 Å². The Bertz CT molecular complexity index is 809. The molecule has 1 aromatic heterocycles. The first kappa shape index (κ1) is 18.0. The summed E-state index contributed by atoms with van der Waals surface area (Å²) in [5.41, 5.74) is 0.493. The number of nitro groups is 1. The number of nitrogens with zero attached hydrogens (tertiary/aromatic N) is 2. The standard InChI is InChI=1S/C16H16N2O7/c1-4-25-16(20)13-12(15(19)23-2)9-17(24-3)14(13)10-5-7-11(8-6-10)18(21)22/h5-9H,4H2,1-3H3. The van der Waals surface area contributed by atoms with Crippen LogP contribution in [0.1, 0.15) is 27.6 Å². The molecular weight excluding hydrogens is 332 g/mol. The predicted octanol–water partition coefficient (Wildman–Crippen LogP) is 2.08. The third kappa shape index (κ3) is 3.44. The van der Waals surface area contributed by atoms with Crippen LogP contribution < -0.4 is 4.84 Å². The summed E-state index contributed by atoms with van der Waals surface area (Å²) < 4.78 is 10.9. The van der Waals surface area contributed by atoms with E-state index in [1.807, 2.05) is 0 Å². The van der Waals surface area contributed by atoms with Crippen LogP contribution in [0.4, 0.5) is 5.69 Å². The monoisotopic (exact) mass is 348 g/mol. The number of rotatable bonds is 6. The van der Waals surface area contributed by atoms with Gasteiger partial charge in [0.25, 0.3) is 5.69 Å². The first-order chi connectivity index (χ1) is 11.9. The van der Waals surface area contributed by atoms with Gasteiger partial charge in [0.2, 0.25) is 0 Å². The number of carbonyl (C=O) groups excluding carboxylic acids is 2. The fourth-order valence-electron chi connectivity index (χ4n) is 2.32. The normalized spacial score (nSPS) is 10.2. The number of aromatic nitrogens is 1. The lowest BCUT2D eigenvalue weighted by Gasteiger charge is -2.10. The molecule has 0 saturated carbocycles. The third-order valence-corrected chi connectivity index (χ3v) is 3.41. The van der Waals surface area contributed by atoms with Crippen molar-refractivity contribution in [1.82, 2.24) is 4.73 Å². The predicted molar refractivity (Wildman–Crippen MR) is 86.3 cm³/mol. The van der Waals surface area contributed by atoms with Crippen molar-refractivity contribution in [2.75, 3.05) is 20.8 Å². The highest BCUT2D eigenvalue weighted by Gasteiger charge is 2.29. The van der Waals surface area contributed by atoms with Gasteiger partial charge in [-0.25, -0.2) is 9.59 Å². The van der Waals surface area contributed by atoms with Crippen LogP contribution in [-0.4, -0.2) is 42.4 Å². The first-order valence-corrected chi connectivity index (χ1v) is 7.24. The van der Waals surface area contributed by atoms with Crippen LogP contribution in [0, 0.1) is 10.1 Å². The van der Waals surface area contributed by atoms with E-state index >= 15 is 0 Å². The topological polar surface area (TPSA) is 110 Å². The molecule has 0 aliphatic heterocycles. The number of nitro benzene ring substituents is 1. The summed E-state index contributed by atoms with van der Waals surface area (Å²) in [4.78, 5) is 39.8. The average Bonchev–Trinajstić information content (AvgIpc) is 3.01. The molecule has 132 valence electrons. The summed E-state index contributed by atoms with van der Waals surface area (Å²) in [7, 11) is 2.54. The van der Waals surface area contributed by atoms with Gasteiger partial charge in [-0.1, -0.05) is 0 Å². The molecule has 0 atom stereocenters. The molecule has 1 aromatic carbocycles. The van der Waals surface area contributed by atoms with Crippen LogP contribution in [-0.2, 0) is 9.47 Å². The Morgan fingerprint density at radius 1 is 1.16 bits per heavy atom. The number of hydrogen-bond donors (Lipinski definition) is 0. The molecule has 0 N–H and O–H groups in total. The fourth-order valence-corrected chi connectivity index (χ4v) is 2.32. The Balaban J connectivity index is 2.69. The van der Waals surface area contributed by atoms with Crippen LogP contribution in [0.15, 0.2) is 30.5 Å². The second-order valence-electron chi connectivity index (χ2n) is 4.79. The molecule has 25 heavy (non-hydrogen) atoms. The average molecular weight is 348 g/mol. The lowest BCUT2D eigenvalue weighted by atomic mass is 10.0. The highest BCUT2D eigenvalue weighted by molar-refractivity contribution is 6.07. The van der Waals surface area contributed by atoms with Gasteiger partial charge in [-0.3, -0.25) is 10.1 Å². The van der Waals surface area contributed by atoms with E-state index in [9.17, 15) is 19.7 Å². The second kappa shape index (κ2) is 7.47. The number of non-ortho nitro benzene ring substituents is 1. The summed E-state index contributed by atoms with van der Waals surface area (Å²) in [6.07, 6.45) is 1.30. The van der Waals surface area contributed by atoms with Crippen LogP contribution >= 0.6 is 0 Å². The van der Waals surface area contributed by atoms with Crippen LogP contribution in [0.2, 0.25) is 0 Å². The number of benzene rings is 1. The quantitative estimate of drug-likeness (QED) is 0.446. The molecule has 0 spiro atoms. The maximum atomic E-state index is 12.4. The number of esters is 2. The van der Waals surface area contributed by atoms with Crippen molar-refractivity contribution in [1.29, 1.82) is 0 Å². The molecule has 9 heteroatoms. The summed E-state index contributed by atoms with van der Waals surface area (Å²) in [6, 6.07) is 5.48. The summed E-state index contributed by atoms with van der Waals surface area (Å²) in [5.74, 6) is -1.46. The van der Waals surface area contributed by atoms with Crippen molar-refractivity contribution in [3.05, 3.63) is 51.7 Å². The highest BCUT2D eigenvalue weighted by Crippen LogP contribution is 2.30. The largest absolute Gasteiger partial charge is 0.465 e. The molecule has 2 aromatic rings. The number of methoxy groups -OCH3 is 1. The molecule has 0 amide bonds. The van der Waals surface area contributed by atoms with Crippen molar-refractivity contribution < 1.29 is 28.8 Å². The van der Waals surface area contributed by atoms with Gasteiger partial charge in [0.1, 0.15) is 18.4 Å². The molecule has 0 fully saturated rings. The third-order valence-electron chi connectivity index (χ3n) is 3.41. The summed E-state index contributed by atoms with van der Waals surface area (Å²) in [5, 5.41) is 10.8. The van der Waals surface area contributed by atoms with E-state index in [1.165, 1.54) is 49.4 Å². The number of carbonyl (C=O) groups is 2. The molecule has 0 aliphatic carbocycles. The van der Waals surface area contributed by atoms with Gasteiger partial charge in [-0.05, 0) is 19.1 Å². The molecule has 9 nitrogen and oxygen atoms in total. The number of ether oxygens (including phenoxy) is 2. The minimum absolute atomic E-state index is 0.0313. The molecule has 0 bridgehead atoms. The summed E-state index contributed by atoms with van der Waals surface area (Å²) >= 11 is 0. The maximum Gasteiger partial charge on any atom is 0.341 e. The van der Waals surface area contributed by atoms with E-state index in [0.717, 1.165) is 0 Å². The van der Waals surface area contributed by atoms with Crippen molar-refractivity contribution >= 4 is 17.6 Å². The van der Waals surface area contributed by atoms with Crippen LogP contribution in [0.3, 0.4) is 0 Å². The van der Waals surface area contributed by atoms with Gasteiger partial charge in [0.15, 0.2) is 0 Å². The minimum atomic E-state index is -0.734. The smallest absolute Gasteiger partial charge is 0.341 e. The molecule has 0 unspecified atom stereocenters. The van der Waals surface area contributed by atoms with Crippen molar-refractivity contribution in [2.24, 2.45) is 0 Å². The highest BCUT2D eigenvalue weighted by atomic mass is 16.6. The van der Waals surface area contributed by atoms with Gasteiger partial charge in [0.05, 0.1) is 30.4 Å².